The highest BCUT2D eigenvalue weighted by Crippen LogP contribution is 2.41. The van der Waals surface area contributed by atoms with Gasteiger partial charge in [-0.25, -0.2) is 4.98 Å². The molecule has 1 N–H and O–H groups in total. The molecule has 0 fully saturated rings. The predicted octanol–water partition coefficient (Wildman–Crippen LogP) is 5.72. The minimum Gasteiger partial charge on any atom is -0.493 e. The molecule has 0 radical (unpaired) electrons. The van der Waals surface area contributed by atoms with E-state index in [0.717, 1.165) is 47.8 Å². The molecule has 0 spiro atoms. The Morgan fingerprint density at radius 1 is 1.10 bits per heavy atom. The number of nitrogens with one attached hydrogen (secondary N) is 1. The molecule has 0 aliphatic carbocycles. The van der Waals surface area contributed by atoms with Crippen molar-refractivity contribution in [1.82, 2.24) is 9.97 Å². The van der Waals surface area contributed by atoms with Crippen LogP contribution in [0.3, 0.4) is 0 Å². The van der Waals surface area contributed by atoms with Gasteiger partial charge in [-0.15, -0.1) is 0 Å². The van der Waals surface area contributed by atoms with E-state index < -0.39 is 4.92 Å². The summed E-state index contributed by atoms with van der Waals surface area (Å²) in [5, 5.41) is 11.7. The highest BCUT2D eigenvalue weighted by atomic mass is 16.6. The van der Waals surface area contributed by atoms with Crippen LogP contribution in [0, 0.1) is 24.0 Å². The number of aromatic amines is 1. The second kappa shape index (κ2) is 8.94. The Bertz CT molecular complexity index is 988. The largest absolute Gasteiger partial charge is 0.493 e. The van der Waals surface area contributed by atoms with Crippen LogP contribution in [0.2, 0.25) is 0 Å². The van der Waals surface area contributed by atoms with Gasteiger partial charge >= 0.3 is 5.69 Å². The van der Waals surface area contributed by atoms with E-state index in [4.69, 9.17) is 9.47 Å². The van der Waals surface area contributed by atoms with E-state index in [-0.39, 0.29) is 11.4 Å². The third kappa shape index (κ3) is 4.50. The summed E-state index contributed by atoms with van der Waals surface area (Å²) in [6.45, 7) is 6.62. The number of nitrogens with zero attached hydrogens (tertiary/aromatic N) is 2. The fourth-order valence-corrected chi connectivity index (χ4v) is 3.27. The first kappa shape index (κ1) is 20.6. The van der Waals surface area contributed by atoms with Crippen LogP contribution in [0.25, 0.3) is 22.4 Å². The van der Waals surface area contributed by atoms with Gasteiger partial charge in [0.1, 0.15) is 5.82 Å². The minimum atomic E-state index is -0.440. The number of nitro groups is 1. The molecule has 3 rings (SSSR count). The predicted molar refractivity (Wildman–Crippen MR) is 114 cm³/mol. The van der Waals surface area contributed by atoms with E-state index in [0.29, 0.717) is 23.7 Å². The minimum absolute atomic E-state index is 0.123. The molecule has 3 aromatic rings. The molecule has 1 aromatic heterocycles. The number of fused-ring (bicyclic) bond motifs is 1. The number of methoxy groups -OCH3 is 1. The van der Waals surface area contributed by atoms with Gasteiger partial charge in [-0.2, -0.15) is 0 Å². The normalized spacial score (nSPS) is 11.0. The van der Waals surface area contributed by atoms with Gasteiger partial charge in [0.25, 0.3) is 0 Å². The summed E-state index contributed by atoms with van der Waals surface area (Å²) >= 11 is 0. The maximum atomic E-state index is 11.7. The third-order valence-electron chi connectivity index (χ3n) is 5.07. The van der Waals surface area contributed by atoms with Crippen LogP contribution in [0.4, 0.5) is 5.69 Å². The highest BCUT2D eigenvalue weighted by Gasteiger charge is 2.24. The first-order valence-electron chi connectivity index (χ1n) is 9.91. The van der Waals surface area contributed by atoms with Crippen molar-refractivity contribution in [3.63, 3.8) is 0 Å². The molecular weight excluding hydrogens is 370 g/mol. The van der Waals surface area contributed by atoms with Crippen molar-refractivity contribution in [3.05, 3.63) is 45.5 Å². The zero-order chi connectivity index (χ0) is 21.0. The van der Waals surface area contributed by atoms with Gasteiger partial charge in [0.05, 0.1) is 29.7 Å². The van der Waals surface area contributed by atoms with Gasteiger partial charge < -0.3 is 14.5 Å². The van der Waals surface area contributed by atoms with Crippen molar-refractivity contribution in [3.8, 4) is 22.9 Å². The molecule has 154 valence electrons. The zero-order valence-electron chi connectivity index (χ0n) is 17.4. The van der Waals surface area contributed by atoms with E-state index in [1.165, 1.54) is 13.2 Å². The van der Waals surface area contributed by atoms with E-state index in [1.807, 2.05) is 26.0 Å². The number of imidazole rings is 1. The second-order valence-corrected chi connectivity index (χ2v) is 7.23. The summed E-state index contributed by atoms with van der Waals surface area (Å²) < 4.78 is 11.2. The molecule has 0 saturated carbocycles. The van der Waals surface area contributed by atoms with Crippen LogP contribution < -0.4 is 9.47 Å². The van der Waals surface area contributed by atoms with E-state index in [2.05, 4.69) is 16.9 Å². The lowest BCUT2D eigenvalue weighted by atomic mass is 10.1. The molecule has 2 aromatic carbocycles. The Labute approximate surface area is 170 Å². The Hall–Kier alpha value is -3.09. The molecular formula is C22H27N3O4. The highest BCUT2D eigenvalue weighted by molar-refractivity contribution is 5.82. The molecule has 0 atom stereocenters. The van der Waals surface area contributed by atoms with Crippen LogP contribution in [0.5, 0.6) is 11.5 Å². The van der Waals surface area contributed by atoms with Gasteiger partial charge in [0.15, 0.2) is 5.75 Å². The number of rotatable bonds is 9. The quantitative estimate of drug-likeness (QED) is 0.283. The van der Waals surface area contributed by atoms with Crippen molar-refractivity contribution in [1.29, 1.82) is 0 Å². The van der Waals surface area contributed by atoms with Gasteiger partial charge in [0.2, 0.25) is 5.75 Å². The Balaban J connectivity index is 1.98. The summed E-state index contributed by atoms with van der Waals surface area (Å²) in [5.74, 6) is 1.05. The molecule has 0 saturated heterocycles. The van der Waals surface area contributed by atoms with Crippen molar-refractivity contribution in [2.45, 2.75) is 46.5 Å². The Morgan fingerprint density at radius 2 is 1.86 bits per heavy atom. The van der Waals surface area contributed by atoms with Crippen LogP contribution in [-0.4, -0.2) is 28.6 Å². The number of aryl methyl sites for hydroxylation is 2. The Kier molecular flexibility index (Phi) is 6.36. The van der Waals surface area contributed by atoms with Crippen molar-refractivity contribution in [2.75, 3.05) is 13.7 Å². The SMILES string of the molecule is CCCCCCOc1c(OC)cc(-c2nc3cc(C)c(C)cc3[nH]2)cc1[N+](=O)[O-]. The van der Waals surface area contributed by atoms with Crippen LogP contribution in [0.1, 0.15) is 43.7 Å². The molecule has 0 aliphatic heterocycles. The van der Waals surface area contributed by atoms with E-state index in [9.17, 15) is 10.1 Å². The number of ether oxygens (including phenoxy) is 2. The van der Waals surface area contributed by atoms with E-state index in [1.54, 1.807) is 6.07 Å². The average Bonchev–Trinajstić information content (AvgIpc) is 3.10. The number of H-pyrrole nitrogens is 1. The molecule has 29 heavy (non-hydrogen) atoms. The molecule has 0 aliphatic rings. The number of nitro benzene ring substituents is 1. The maximum absolute atomic E-state index is 11.7. The van der Waals surface area contributed by atoms with Crippen LogP contribution >= 0.6 is 0 Å². The lowest BCUT2D eigenvalue weighted by molar-refractivity contribution is -0.385. The van der Waals surface area contributed by atoms with E-state index >= 15 is 0 Å². The zero-order valence-corrected chi connectivity index (χ0v) is 17.4. The monoisotopic (exact) mass is 397 g/mol. The van der Waals surface area contributed by atoms with Crippen molar-refractivity contribution < 1.29 is 14.4 Å². The molecule has 0 amide bonds. The molecule has 0 bridgehead atoms. The first-order chi connectivity index (χ1) is 13.9. The average molecular weight is 397 g/mol. The lowest BCUT2D eigenvalue weighted by Crippen LogP contribution is -2.03. The summed E-state index contributed by atoms with van der Waals surface area (Å²) in [6.07, 6.45) is 4.11. The van der Waals surface area contributed by atoms with Gasteiger partial charge in [-0.3, -0.25) is 10.1 Å². The topological polar surface area (TPSA) is 90.3 Å². The lowest BCUT2D eigenvalue weighted by Gasteiger charge is -2.12. The summed E-state index contributed by atoms with van der Waals surface area (Å²) in [6, 6.07) is 7.25. The number of benzene rings is 2. The van der Waals surface area contributed by atoms with Crippen molar-refractivity contribution >= 4 is 16.7 Å². The smallest absolute Gasteiger partial charge is 0.315 e. The van der Waals surface area contributed by atoms with Gasteiger partial charge in [0, 0.05) is 11.6 Å². The number of aromatic nitrogens is 2. The van der Waals surface area contributed by atoms with Gasteiger partial charge in [-0.05, 0) is 49.6 Å². The van der Waals surface area contributed by atoms with Crippen LogP contribution in [0.15, 0.2) is 24.3 Å². The summed E-state index contributed by atoms with van der Waals surface area (Å²) in [7, 11) is 1.48. The van der Waals surface area contributed by atoms with Crippen LogP contribution in [-0.2, 0) is 0 Å². The fraction of sp³-hybridized carbons (Fsp3) is 0.409. The first-order valence-corrected chi connectivity index (χ1v) is 9.91. The number of hydrogen-bond acceptors (Lipinski definition) is 5. The fourth-order valence-electron chi connectivity index (χ4n) is 3.27. The third-order valence-corrected chi connectivity index (χ3v) is 5.07. The molecule has 0 unspecified atom stereocenters. The second-order valence-electron chi connectivity index (χ2n) is 7.23. The van der Waals surface area contributed by atoms with Gasteiger partial charge in [-0.1, -0.05) is 26.2 Å². The Morgan fingerprint density at radius 3 is 2.55 bits per heavy atom. The summed E-state index contributed by atoms with van der Waals surface area (Å²) in [5.41, 5.74) is 4.47. The van der Waals surface area contributed by atoms with Crippen molar-refractivity contribution in [2.24, 2.45) is 0 Å². The molecule has 7 nitrogen and oxygen atoms in total. The summed E-state index contributed by atoms with van der Waals surface area (Å²) in [4.78, 5) is 19.1. The standard InChI is InChI=1S/C22H27N3O4/c1-5-6-7-8-9-29-21-19(25(26)27)12-16(13-20(21)28-4)22-23-17-10-14(2)15(3)11-18(17)24-22/h10-13H,5-9H2,1-4H3,(H,23,24). The number of hydrogen-bond donors (Lipinski definition) is 1. The number of unbranched alkanes of at least 4 members (excludes halogenated alkanes) is 3. The molecule has 1 heterocycles. The molecule has 7 heteroatoms. The maximum Gasteiger partial charge on any atom is 0.315 e.